The molecule has 1 aliphatic carbocycles. The van der Waals surface area contributed by atoms with Crippen molar-refractivity contribution in [1.82, 2.24) is 0 Å². The van der Waals surface area contributed by atoms with Crippen molar-refractivity contribution < 1.29 is 23.0 Å². The Bertz CT molecular complexity index is 1170. The fraction of sp³-hybridized carbons (Fsp3) is 0.208. The Morgan fingerprint density at radius 3 is 2.50 bits per heavy atom. The summed E-state index contributed by atoms with van der Waals surface area (Å²) in [4.78, 5) is 13.1. The van der Waals surface area contributed by atoms with Crippen LogP contribution in [-0.2, 0) is 10.2 Å². The molecule has 0 spiro atoms. The summed E-state index contributed by atoms with van der Waals surface area (Å²) in [6.07, 6.45) is 1.50. The van der Waals surface area contributed by atoms with Gasteiger partial charge in [-0.25, -0.2) is 8.78 Å². The Morgan fingerprint density at radius 2 is 1.73 bits per heavy atom. The monoisotopic (exact) mass is 407 g/mol. The molecule has 4 nitrogen and oxygen atoms in total. The molecule has 5 rings (SSSR count). The molecule has 30 heavy (non-hydrogen) atoms. The number of carbonyl (C=O) groups is 1. The standard InChI is InChI=1S/C24H19F2NO3/c1-14-2-5-17(12-18(14)15-3-6-19(25)20(26)10-15)27-23(28)24(8-9-24)16-4-7-21-22(11-16)30-13-29-21/h2-7,10-12H,8-9,13H2,1H3,(H,27,28). The van der Waals surface area contributed by atoms with Gasteiger partial charge in [0.25, 0.3) is 0 Å². The molecular formula is C24H19F2NO3. The van der Waals surface area contributed by atoms with Crippen molar-refractivity contribution in [2.45, 2.75) is 25.2 Å². The normalized spacial score (nSPS) is 15.7. The molecule has 2 aliphatic rings. The lowest BCUT2D eigenvalue weighted by atomic mass is 9.94. The van der Waals surface area contributed by atoms with E-state index >= 15 is 0 Å². The van der Waals surface area contributed by atoms with Gasteiger partial charge >= 0.3 is 0 Å². The fourth-order valence-corrected chi connectivity index (χ4v) is 3.89. The summed E-state index contributed by atoms with van der Waals surface area (Å²) in [6.45, 7) is 2.07. The van der Waals surface area contributed by atoms with Crippen LogP contribution in [0.15, 0.2) is 54.6 Å². The van der Waals surface area contributed by atoms with Gasteiger partial charge in [0.05, 0.1) is 5.41 Å². The van der Waals surface area contributed by atoms with Crippen LogP contribution in [0, 0.1) is 18.6 Å². The molecule has 3 aromatic carbocycles. The first-order chi connectivity index (χ1) is 14.5. The third-order valence-electron chi connectivity index (χ3n) is 5.84. The lowest BCUT2D eigenvalue weighted by Gasteiger charge is -2.17. The van der Waals surface area contributed by atoms with Crippen LogP contribution in [0.25, 0.3) is 11.1 Å². The van der Waals surface area contributed by atoms with Crippen molar-refractivity contribution in [1.29, 1.82) is 0 Å². The van der Waals surface area contributed by atoms with Gasteiger partial charge in [-0.1, -0.05) is 18.2 Å². The minimum atomic E-state index is -0.902. The molecule has 1 aliphatic heterocycles. The molecular weight excluding hydrogens is 388 g/mol. The highest BCUT2D eigenvalue weighted by atomic mass is 19.2. The van der Waals surface area contributed by atoms with Crippen molar-refractivity contribution in [3.8, 4) is 22.6 Å². The van der Waals surface area contributed by atoms with Crippen LogP contribution in [0.3, 0.4) is 0 Å². The fourth-order valence-electron chi connectivity index (χ4n) is 3.89. The topological polar surface area (TPSA) is 47.6 Å². The second-order valence-electron chi connectivity index (χ2n) is 7.76. The van der Waals surface area contributed by atoms with Crippen LogP contribution in [0.5, 0.6) is 11.5 Å². The molecule has 152 valence electrons. The first kappa shape index (κ1) is 18.6. The van der Waals surface area contributed by atoms with E-state index in [9.17, 15) is 13.6 Å². The Morgan fingerprint density at radius 1 is 0.933 bits per heavy atom. The third kappa shape index (κ3) is 3.09. The smallest absolute Gasteiger partial charge is 0.235 e. The predicted octanol–water partition coefficient (Wildman–Crippen LogP) is 5.34. The summed E-state index contributed by atoms with van der Waals surface area (Å²) in [7, 11) is 0. The zero-order valence-electron chi connectivity index (χ0n) is 16.3. The largest absolute Gasteiger partial charge is 0.454 e. The molecule has 1 saturated carbocycles. The van der Waals surface area contributed by atoms with E-state index in [1.54, 1.807) is 6.07 Å². The molecule has 1 N–H and O–H groups in total. The first-order valence-corrected chi connectivity index (χ1v) is 9.74. The average molecular weight is 407 g/mol. The van der Waals surface area contributed by atoms with Crippen molar-refractivity contribution in [2.75, 3.05) is 12.1 Å². The highest BCUT2D eigenvalue weighted by Gasteiger charge is 2.51. The third-order valence-corrected chi connectivity index (χ3v) is 5.84. The number of anilines is 1. The predicted molar refractivity (Wildman–Crippen MR) is 109 cm³/mol. The maximum Gasteiger partial charge on any atom is 0.235 e. The Labute approximate surface area is 172 Å². The van der Waals surface area contributed by atoms with Gasteiger partial charge in [-0.3, -0.25) is 4.79 Å². The first-order valence-electron chi connectivity index (χ1n) is 9.74. The molecule has 0 saturated heterocycles. The van der Waals surface area contributed by atoms with Crippen LogP contribution >= 0.6 is 0 Å². The molecule has 0 aromatic heterocycles. The van der Waals surface area contributed by atoms with E-state index in [1.165, 1.54) is 6.07 Å². The van der Waals surface area contributed by atoms with E-state index in [-0.39, 0.29) is 12.7 Å². The lowest BCUT2D eigenvalue weighted by Crippen LogP contribution is -2.27. The van der Waals surface area contributed by atoms with Crippen molar-refractivity contribution >= 4 is 11.6 Å². The van der Waals surface area contributed by atoms with Gasteiger partial charge in [-0.05, 0) is 78.4 Å². The Balaban J connectivity index is 1.42. The summed E-state index contributed by atoms with van der Waals surface area (Å²) in [6, 6.07) is 14.9. The number of nitrogens with one attached hydrogen (secondary N) is 1. The van der Waals surface area contributed by atoms with Crippen molar-refractivity contribution in [3.63, 3.8) is 0 Å². The summed E-state index contributed by atoms with van der Waals surface area (Å²) in [5, 5.41) is 3.00. The van der Waals surface area contributed by atoms with E-state index in [0.29, 0.717) is 22.7 Å². The van der Waals surface area contributed by atoms with Crippen molar-refractivity contribution in [3.05, 3.63) is 77.4 Å². The van der Waals surface area contributed by atoms with Gasteiger partial charge in [0.2, 0.25) is 12.7 Å². The lowest BCUT2D eigenvalue weighted by molar-refractivity contribution is -0.118. The van der Waals surface area contributed by atoms with E-state index in [2.05, 4.69) is 5.32 Å². The number of hydrogen-bond donors (Lipinski definition) is 1. The zero-order chi connectivity index (χ0) is 20.9. The minimum Gasteiger partial charge on any atom is -0.454 e. The van der Waals surface area contributed by atoms with E-state index in [1.807, 2.05) is 37.3 Å². The molecule has 1 heterocycles. The maximum atomic E-state index is 13.7. The second kappa shape index (κ2) is 6.83. The summed E-state index contributed by atoms with van der Waals surface area (Å²) in [5.41, 5.74) is 3.11. The number of ether oxygens (including phenoxy) is 2. The SMILES string of the molecule is Cc1ccc(NC(=O)C2(c3ccc4c(c3)OCO4)CC2)cc1-c1ccc(F)c(F)c1. The highest BCUT2D eigenvalue weighted by Crippen LogP contribution is 2.51. The number of aryl methyl sites for hydroxylation is 1. The zero-order valence-corrected chi connectivity index (χ0v) is 16.3. The summed E-state index contributed by atoms with van der Waals surface area (Å²) >= 11 is 0. The number of rotatable bonds is 4. The van der Waals surface area contributed by atoms with E-state index in [4.69, 9.17) is 9.47 Å². The molecule has 1 amide bonds. The Hall–Kier alpha value is -3.41. The van der Waals surface area contributed by atoms with Crippen LogP contribution in [0.1, 0.15) is 24.0 Å². The molecule has 1 fully saturated rings. The molecule has 0 radical (unpaired) electrons. The number of amides is 1. The molecule has 0 bridgehead atoms. The number of hydrogen-bond acceptors (Lipinski definition) is 3. The number of halogens is 2. The minimum absolute atomic E-state index is 0.0959. The van der Waals surface area contributed by atoms with Gasteiger partial charge in [-0.2, -0.15) is 0 Å². The average Bonchev–Trinajstić information content (AvgIpc) is 3.42. The van der Waals surface area contributed by atoms with Gasteiger partial charge in [0, 0.05) is 5.69 Å². The second-order valence-corrected chi connectivity index (χ2v) is 7.76. The maximum absolute atomic E-state index is 13.7. The highest BCUT2D eigenvalue weighted by molar-refractivity contribution is 6.02. The molecule has 3 aromatic rings. The van der Waals surface area contributed by atoms with Crippen LogP contribution in [-0.4, -0.2) is 12.7 Å². The van der Waals surface area contributed by atoms with Gasteiger partial charge in [0.15, 0.2) is 23.1 Å². The Kier molecular flexibility index (Phi) is 4.24. The van der Waals surface area contributed by atoms with Gasteiger partial charge in [-0.15, -0.1) is 0 Å². The van der Waals surface area contributed by atoms with Crippen LogP contribution in [0.2, 0.25) is 0 Å². The number of carbonyl (C=O) groups excluding carboxylic acids is 1. The number of benzene rings is 3. The summed E-state index contributed by atoms with van der Waals surface area (Å²) in [5.74, 6) is -0.546. The van der Waals surface area contributed by atoms with E-state index < -0.39 is 17.0 Å². The molecule has 0 atom stereocenters. The van der Waals surface area contributed by atoms with Gasteiger partial charge in [0.1, 0.15) is 0 Å². The summed E-state index contributed by atoms with van der Waals surface area (Å²) < 4.78 is 37.8. The van der Waals surface area contributed by atoms with E-state index in [0.717, 1.165) is 41.7 Å². The van der Waals surface area contributed by atoms with Crippen LogP contribution in [0.4, 0.5) is 14.5 Å². The van der Waals surface area contributed by atoms with Crippen LogP contribution < -0.4 is 14.8 Å². The quantitative estimate of drug-likeness (QED) is 0.635. The van der Waals surface area contributed by atoms with Crippen molar-refractivity contribution in [2.24, 2.45) is 0 Å². The number of fused-ring (bicyclic) bond motifs is 1. The van der Waals surface area contributed by atoms with Gasteiger partial charge < -0.3 is 14.8 Å². The molecule has 6 heteroatoms. The molecule has 0 unspecified atom stereocenters.